The number of rotatable bonds is 6. The van der Waals surface area contributed by atoms with Gasteiger partial charge in [-0.1, -0.05) is 60.7 Å². The van der Waals surface area contributed by atoms with Crippen molar-refractivity contribution in [3.8, 4) is 56.7 Å². The summed E-state index contributed by atoms with van der Waals surface area (Å²) in [4.78, 5) is 19.0. The van der Waals surface area contributed by atoms with Crippen molar-refractivity contribution in [3.05, 3.63) is 192 Å². The van der Waals surface area contributed by atoms with E-state index in [1.165, 1.54) is 27.6 Å². The summed E-state index contributed by atoms with van der Waals surface area (Å²) in [5, 5.41) is -0.584. The zero-order valence-corrected chi connectivity index (χ0v) is 36.4. The second kappa shape index (κ2) is 16.5. The Hall–Kier alpha value is -8.54. The van der Waals surface area contributed by atoms with E-state index < -0.39 is 47.0 Å². The third-order valence-corrected chi connectivity index (χ3v) is 12.4. The SMILES string of the molecule is FC(F)(F)c1ccc2c(c1)c1cc(C(F)(F)F)ccc1n2-c1ccc(-c2nc(-c3ccccc3)nc(-c3ccccc3)n2)c(-c2cnccc2-n2c3ccc(C(F)(F)F)cc3c3cc(C(F)(F)F)ccc32)c1. The number of hydrogen-bond donors (Lipinski definition) is 0. The molecular formula is C54H28F12N6. The molecule has 358 valence electrons. The molecule has 11 aromatic rings. The number of hydrogen-bond acceptors (Lipinski definition) is 4. The minimum atomic E-state index is -4.86. The highest BCUT2D eigenvalue weighted by Crippen LogP contribution is 2.45. The number of halogens is 12. The molecule has 6 nitrogen and oxygen atoms in total. The van der Waals surface area contributed by atoms with Crippen LogP contribution in [0.2, 0.25) is 0 Å². The van der Waals surface area contributed by atoms with Gasteiger partial charge in [-0.25, -0.2) is 15.0 Å². The molecule has 0 N–H and O–H groups in total. The van der Waals surface area contributed by atoms with E-state index in [0.717, 1.165) is 72.8 Å². The lowest BCUT2D eigenvalue weighted by molar-refractivity contribution is -0.138. The van der Waals surface area contributed by atoms with E-state index in [-0.39, 0.29) is 89.2 Å². The molecule has 11 rings (SSSR count). The lowest BCUT2D eigenvalue weighted by Gasteiger charge is -2.19. The Kier molecular flexibility index (Phi) is 10.5. The van der Waals surface area contributed by atoms with Gasteiger partial charge in [-0.3, -0.25) is 4.98 Å². The van der Waals surface area contributed by atoms with Gasteiger partial charge in [0.25, 0.3) is 0 Å². The van der Waals surface area contributed by atoms with Crippen LogP contribution in [0.4, 0.5) is 52.7 Å². The van der Waals surface area contributed by atoms with Crippen LogP contribution in [0, 0.1) is 0 Å². The van der Waals surface area contributed by atoms with Crippen molar-refractivity contribution < 1.29 is 52.7 Å². The van der Waals surface area contributed by atoms with Gasteiger partial charge >= 0.3 is 24.7 Å². The molecule has 0 saturated carbocycles. The van der Waals surface area contributed by atoms with Crippen LogP contribution in [0.5, 0.6) is 0 Å². The summed E-state index contributed by atoms with van der Waals surface area (Å²) in [5.41, 5.74) is -1.68. The van der Waals surface area contributed by atoms with Crippen LogP contribution in [0.15, 0.2) is 170 Å². The first kappa shape index (κ1) is 45.9. The second-order valence-electron chi connectivity index (χ2n) is 16.8. The minimum absolute atomic E-state index is 0.0813. The van der Waals surface area contributed by atoms with Crippen molar-refractivity contribution in [1.82, 2.24) is 29.1 Å². The molecule has 0 aliphatic heterocycles. The number of aromatic nitrogens is 6. The first-order valence-corrected chi connectivity index (χ1v) is 21.6. The molecule has 72 heavy (non-hydrogen) atoms. The van der Waals surface area contributed by atoms with Gasteiger partial charge in [-0.05, 0) is 103 Å². The Morgan fingerprint density at radius 3 is 1.12 bits per heavy atom. The molecule has 18 heteroatoms. The quantitative estimate of drug-likeness (QED) is 0.156. The van der Waals surface area contributed by atoms with E-state index in [2.05, 4.69) is 4.98 Å². The fourth-order valence-electron chi connectivity index (χ4n) is 9.10. The molecule has 0 saturated heterocycles. The average Bonchev–Trinajstić information content (AvgIpc) is 3.87. The molecule has 0 fully saturated rings. The number of nitrogens with zero attached hydrogens (tertiary/aromatic N) is 6. The highest BCUT2D eigenvalue weighted by atomic mass is 19.4. The summed E-state index contributed by atoms with van der Waals surface area (Å²) < 4.78 is 174. The van der Waals surface area contributed by atoms with Crippen molar-refractivity contribution in [2.24, 2.45) is 0 Å². The van der Waals surface area contributed by atoms with Gasteiger partial charge in [0.2, 0.25) is 0 Å². The Morgan fingerprint density at radius 1 is 0.333 bits per heavy atom. The molecule has 0 unspecified atom stereocenters. The van der Waals surface area contributed by atoms with Gasteiger partial charge in [0.15, 0.2) is 17.5 Å². The summed E-state index contributed by atoms with van der Waals surface area (Å²) >= 11 is 0. The highest BCUT2D eigenvalue weighted by Gasteiger charge is 2.36. The number of fused-ring (bicyclic) bond motifs is 6. The van der Waals surface area contributed by atoms with E-state index in [1.54, 1.807) is 78.9 Å². The maximum atomic E-state index is 14.3. The van der Waals surface area contributed by atoms with Crippen LogP contribution in [-0.4, -0.2) is 29.1 Å². The third kappa shape index (κ3) is 8.01. The third-order valence-electron chi connectivity index (χ3n) is 12.4. The molecule has 4 heterocycles. The Balaban J connectivity index is 1.24. The van der Waals surface area contributed by atoms with Crippen LogP contribution < -0.4 is 0 Å². The van der Waals surface area contributed by atoms with Crippen molar-refractivity contribution in [1.29, 1.82) is 0 Å². The van der Waals surface area contributed by atoms with E-state index in [1.807, 2.05) is 0 Å². The monoisotopic (exact) mass is 988 g/mol. The smallest absolute Gasteiger partial charge is 0.309 e. The zero-order valence-electron chi connectivity index (χ0n) is 36.4. The Labute approximate surface area is 398 Å². The van der Waals surface area contributed by atoms with Gasteiger partial charge < -0.3 is 9.13 Å². The topological polar surface area (TPSA) is 61.4 Å². The first-order valence-electron chi connectivity index (χ1n) is 21.6. The molecular weight excluding hydrogens is 961 g/mol. The fourth-order valence-corrected chi connectivity index (χ4v) is 9.10. The summed E-state index contributed by atoms with van der Waals surface area (Å²) in [6.45, 7) is 0. The highest BCUT2D eigenvalue weighted by molar-refractivity contribution is 6.11. The van der Waals surface area contributed by atoms with Crippen LogP contribution in [0.3, 0.4) is 0 Å². The molecule has 0 aliphatic rings. The molecule has 0 spiro atoms. The summed E-state index contributed by atoms with van der Waals surface area (Å²) in [6, 6.07) is 35.1. The van der Waals surface area contributed by atoms with E-state index in [4.69, 9.17) is 15.0 Å². The van der Waals surface area contributed by atoms with Crippen molar-refractivity contribution >= 4 is 43.6 Å². The Morgan fingerprint density at radius 2 is 0.722 bits per heavy atom. The van der Waals surface area contributed by atoms with Crippen molar-refractivity contribution in [3.63, 3.8) is 0 Å². The van der Waals surface area contributed by atoms with Crippen LogP contribution >= 0.6 is 0 Å². The Bertz CT molecular complexity index is 3730. The first-order chi connectivity index (χ1) is 34.2. The van der Waals surface area contributed by atoms with Gasteiger partial charge in [0, 0.05) is 61.9 Å². The summed E-state index contributed by atoms with van der Waals surface area (Å²) in [5.74, 6) is 0.568. The lowest BCUT2D eigenvalue weighted by Crippen LogP contribution is -2.05. The predicted molar refractivity (Wildman–Crippen MR) is 248 cm³/mol. The number of pyridine rings is 1. The predicted octanol–water partition coefficient (Wildman–Crippen LogP) is 16.2. The minimum Gasteiger partial charge on any atom is -0.309 e. The molecule has 0 aliphatic carbocycles. The molecule has 7 aromatic carbocycles. The van der Waals surface area contributed by atoms with Crippen molar-refractivity contribution in [2.45, 2.75) is 24.7 Å². The lowest BCUT2D eigenvalue weighted by atomic mass is 9.97. The van der Waals surface area contributed by atoms with Gasteiger partial charge in [-0.2, -0.15) is 52.7 Å². The average molecular weight is 989 g/mol. The maximum absolute atomic E-state index is 14.3. The van der Waals surface area contributed by atoms with Gasteiger partial charge in [0.05, 0.1) is 50.0 Å². The normalized spacial score (nSPS) is 12.7. The molecule has 0 bridgehead atoms. The zero-order chi connectivity index (χ0) is 50.5. The van der Waals surface area contributed by atoms with Gasteiger partial charge in [0.1, 0.15) is 0 Å². The molecule has 0 radical (unpaired) electrons. The van der Waals surface area contributed by atoms with E-state index in [9.17, 15) is 52.7 Å². The molecule has 4 aromatic heterocycles. The summed E-state index contributed by atoms with van der Waals surface area (Å²) in [6.07, 6.45) is -16.6. The number of alkyl halides is 12. The fraction of sp³-hybridized carbons (Fsp3) is 0.0741. The van der Waals surface area contributed by atoms with E-state index >= 15 is 0 Å². The van der Waals surface area contributed by atoms with Crippen LogP contribution in [-0.2, 0) is 24.7 Å². The largest absolute Gasteiger partial charge is 0.416 e. The molecule has 0 amide bonds. The van der Waals surface area contributed by atoms with Crippen molar-refractivity contribution in [2.75, 3.05) is 0 Å². The maximum Gasteiger partial charge on any atom is 0.416 e. The second-order valence-corrected chi connectivity index (χ2v) is 16.8. The number of benzene rings is 7. The van der Waals surface area contributed by atoms with Gasteiger partial charge in [-0.15, -0.1) is 0 Å². The van der Waals surface area contributed by atoms with Crippen LogP contribution in [0.1, 0.15) is 22.3 Å². The van der Waals surface area contributed by atoms with E-state index in [0.29, 0.717) is 11.1 Å². The van der Waals surface area contributed by atoms with Crippen LogP contribution in [0.25, 0.3) is 100 Å². The molecule has 0 atom stereocenters. The summed E-state index contributed by atoms with van der Waals surface area (Å²) in [7, 11) is 0. The standard InChI is InChI=1S/C54H28F12N6/c55-51(56,57)31-11-17-43-38(23-31)39-24-32(52(58,59)60)12-18-44(39)71(43)35-15-16-36(50-69-48(29-7-3-1-4-8-29)68-49(70-50)30-9-5-2-6-10-30)37(27-35)42-28-67-22-21-47(42)72-45-19-13-33(53(61,62)63)25-40(45)41-26-34(54(64,65)66)14-20-46(41)72/h1-28H.